The van der Waals surface area contributed by atoms with Crippen LogP contribution >= 0.6 is 0 Å². The van der Waals surface area contributed by atoms with Crippen LogP contribution in [0.2, 0.25) is 0 Å². The molecule has 98 heavy (non-hydrogen) atoms. The normalized spacial score (nSPS) is 13.2. The first kappa shape index (κ1) is 78.0. The van der Waals surface area contributed by atoms with Gasteiger partial charge in [0.2, 0.25) is 0 Å². The van der Waals surface area contributed by atoms with E-state index in [-0.39, 0.29) is 49.3 Å². The van der Waals surface area contributed by atoms with Crippen LogP contribution in [0.4, 0.5) is 0 Å². The van der Waals surface area contributed by atoms with Gasteiger partial charge in [0, 0.05) is 42.2 Å². The maximum atomic E-state index is 6.08. The van der Waals surface area contributed by atoms with E-state index in [1.54, 1.807) is 0 Å². The molecule has 0 amide bonds. The Morgan fingerprint density at radius 3 is 1.19 bits per heavy atom. The van der Waals surface area contributed by atoms with Crippen molar-refractivity contribution in [3.8, 4) is 56.4 Å². The minimum Gasteiger partial charge on any atom is -0.399 e. The molecule has 1 radical (unpaired) electrons. The Labute approximate surface area is 604 Å². The van der Waals surface area contributed by atoms with Gasteiger partial charge in [-0.3, -0.25) is 4.57 Å². The summed E-state index contributed by atoms with van der Waals surface area (Å²) in [5.41, 5.74) is 30.6. The Kier molecular flexibility index (Phi) is 25.7. The first-order valence-corrected chi connectivity index (χ1v) is 35.4. The second-order valence-corrected chi connectivity index (χ2v) is 30.3. The van der Waals surface area contributed by atoms with Crippen molar-refractivity contribution in [2.45, 2.75) is 241 Å². The Bertz CT molecular complexity index is 4110. The van der Waals surface area contributed by atoms with Crippen LogP contribution in [-0.2, 0) is 40.2 Å². The summed E-state index contributed by atoms with van der Waals surface area (Å²) >= 11 is 0. The number of aromatic nitrogens is 6. The first-order valence-electron chi connectivity index (χ1n) is 35.4. The molecule has 0 atom stereocenters. The van der Waals surface area contributed by atoms with Gasteiger partial charge >= 0.3 is 7.12 Å². The van der Waals surface area contributed by atoms with Crippen LogP contribution < -0.4 is 5.46 Å². The van der Waals surface area contributed by atoms with Crippen molar-refractivity contribution >= 4 is 12.6 Å². The van der Waals surface area contributed by atoms with E-state index >= 15 is 0 Å². The van der Waals surface area contributed by atoms with E-state index in [1.165, 1.54) is 131 Å². The molecule has 10 heteroatoms. The molecule has 8 aromatic carbocycles. The maximum Gasteiger partial charge on any atom is 0.494 e. The van der Waals surface area contributed by atoms with E-state index in [1.807, 2.05) is 6.07 Å². The zero-order valence-corrected chi connectivity index (χ0v) is 66.7. The molecule has 0 spiro atoms. The van der Waals surface area contributed by atoms with Crippen LogP contribution in [0.25, 0.3) is 56.4 Å². The zero-order chi connectivity index (χ0) is 71.2. The fraction of sp³-hybridized carbons (Fsp3) is 0.409. The summed E-state index contributed by atoms with van der Waals surface area (Å²) in [6.45, 7) is 56.6. The Balaban J connectivity index is 0.000000201. The molecular formula is C88H112BIrN6O2-. The predicted octanol–water partition coefficient (Wildman–Crippen LogP) is 22.5. The topological polar surface area (TPSA) is 79.9 Å². The number of aryl methyl sites for hydroxylation is 12. The van der Waals surface area contributed by atoms with Crippen LogP contribution in [0.3, 0.4) is 0 Å². The molecular weight excluding hydrogens is 1380 g/mol. The smallest absolute Gasteiger partial charge is 0.399 e. The van der Waals surface area contributed by atoms with Crippen LogP contribution in [0, 0.1) is 117 Å². The number of benzene rings is 8. The third-order valence-electron chi connectivity index (χ3n) is 21.1. The second-order valence-electron chi connectivity index (χ2n) is 30.3. The van der Waals surface area contributed by atoms with Crippen molar-refractivity contribution in [3.05, 3.63) is 240 Å². The molecule has 0 unspecified atom stereocenters. The number of unbranched alkanes of at least 4 members (excludes halogenated alkanes) is 2. The molecule has 10 aromatic rings. The third kappa shape index (κ3) is 17.8. The molecule has 519 valence electrons. The average molecular weight is 1490 g/mol. The number of nitrogens with zero attached hydrogens (tertiary/aromatic N) is 6. The minimum absolute atomic E-state index is 0. The summed E-state index contributed by atoms with van der Waals surface area (Å²) in [6, 6.07) is 51.7. The quantitative estimate of drug-likeness (QED) is 0.0752. The van der Waals surface area contributed by atoms with Crippen LogP contribution in [0.1, 0.15) is 208 Å². The van der Waals surface area contributed by atoms with E-state index in [2.05, 4.69) is 323 Å². The fourth-order valence-electron chi connectivity index (χ4n) is 12.9. The van der Waals surface area contributed by atoms with Gasteiger partial charge < -0.3 is 13.9 Å². The van der Waals surface area contributed by atoms with Crippen molar-refractivity contribution in [2.75, 3.05) is 0 Å². The number of hydrogen-bond acceptors (Lipinski definition) is 6. The number of hydrogen-bond donors (Lipinski definition) is 0. The zero-order valence-electron chi connectivity index (χ0n) is 64.4. The SMILES string of the molecule is CCCCC(C)(C)c1nnc(-c2[c-]ccc(-c3cc(C)c(C)c(C)c3)c2)n1-c1ccc(C)cc1C.CCCCC(C)(C)c1nnc(-c2cccc(-c3cc(C)c(C)c(C)c3)c2)n1-c1ccc(C)cc1C.Cc1cc(B2OC(C)(C)C(C)(C)O2)cc(C)c1C.Cc1cccc(C)c1C.[Ir]. The van der Waals surface area contributed by atoms with Crippen LogP contribution in [-0.4, -0.2) is 47.8 Å². The van der Waals surface area contributed by atoms with E-state index in [9.17, 15) is 0 Å². The Morgan fingerprint density at radius 1 is 0.398 bits per heavy atom. The summed E-state index contributed by atoms with van der Waals surface area (Å²) < 4.78 is 16.7. The Morgan fingerprint density at radius 2 is 0.776 bits per heavy atom. The van der Waals surface area contributed by atoms with Crippen LogP contribution in [0.15, 0.2) is 133 Å². The van der Waals surface area contributed by atoms with Gasteiger partial charge in [0.25, 0.3) is 0 Å². The van der Waals surface area contributed by atoms with Gasteiger partial charge in [-0.15, -0.1) is 50.7 Å². The molecule has 11 rings (SSSR count). The van der Waals surface area contributed by atoms with Crippen molar-refractivity contribution in [3.63, 3.8) is 0 Å². The van der Waals surface area contributed by atoms with E-state index < -0.39 is 0 Å². The molecule has 3 heterocycles. The Hall–Kier alpha value is -7.33. The first-order chi connectivity index (χ1) is 45.6. The van der Waals surface area contributed by atoms with Crippen molar-refractivity contribution in [2.24, 2.45) is 0 Å². The largest absolute Gasteiger partial charge is 0.494 e. The molecule has 0 bridgehead atoms. The van der Waals surface area contributed by atoms with E-state index in [4.69, 9.17) is 29.7 Å². The van der Waals surface area contributed by atoms with Gasteiger partial charge in [-0.2, -0.15) is 5.10 Å². The third-order valence-corrected chi connectivity index (χ3v) is 21.1. The molecule has 2 aromatic heterocycles. The summed E-state index contributed by atoms with van der Waals surface area (Å²) in [5, 5.41) is 19.2. The molecule has 1 aliphatic heterocycles. The van der Waals surface area contributed by atoms with E-state index in [0.29, 0.717) is 0 Å². The summed E-state index contributed by atoms with van der Waals surface area (Å²) in [6.07, 6.45) is 6.82. The van der Waals surface area contributed by atoms with Crippen molar-refractivity contribution < 1.29 is 29.4 Å². The minimum atomic E-state index is -0.273. The van der Waals surface area contributed by atoms with E-state index in [0.717, 1.165) is 70.5 Å². The van der Waals surface area contributed by atoms with Gasteiger partial charge in [-0.25, -0.2) is 0 Å². The average Bonchev–Trinajstić information content (AvgIpc) is 1.59. The molecule has 1 fully saturated rings. The predicted molar refractivity (Wildman–Crippen MR) is 413 cm³/mol. The molecule has 1 aliphatic rings. The van der Waals surface area contributed by atoms with Gasteiger partial charge in [0.05, 0.1) is 22.7 Å². The molecule has 0 N–H and O–H groups in total. The van der Waals surface area contributed by atoms with Gasteiger partial charge in [0.1, 0.15) is 11.6 Å². The maximum absolute atomic E-state index is 6.08. The molecule has 0 saturated carbocycles. The molecule has 8 nitrogen and oxygen atoms in total. The van der Waals surface area contributed by atoms with Gasteiger partial charge in [-0.05, 0) is 270 Å². The molecule has 1 saturated heterocycles. The van der Waals surface area contributed by atoms with Crippen molar-refractivity contribution in [1.29, 1.82) is 0 Å². The molecule has 0 aliphatic carbocycles. The van der Waals surface area contributed by atoms with Crippen molar-refractivity contribution in [1.82, 2.24) is 29.5 Å². The van der Waals surface area contributed by atoms with Gasteiger partial charge in [-0.1, -0.05) is 175 Å². The van der Waals surface area contributed by atoms with Gasteiger partial charge in [0.15, 0.2) is 5.82 Å². The second kappa shape index (κ2) is 32.3. The summed E-state index contributed by atoms with van der Waals surface area (Å²) in [7, 11) is -0.256. The summed E-state index contributed by atoms with van der Waals surface area (Å²) in [4.78, 5) is 0. The standard InChI is InChI=1S/C32H39N3.C32H38N3.C15H23BO2.C9H12.Ir/c2*1-9-10-16-32(7,8)31-34-33-30(35(31)29-15-14-21(2)17-24(29)5)27-13-11-12-26(20-27)28-18-22(3)25(6)23(4)19-28;1-10-8-13(9-11(2)12(10)3)16-17-14(4,5)15(6,7)18-16;1-7-5-4-6-8(2)9(7)3;/h11-15,17-20H,9-10,16H2,1-8H3;11-12,14-15,17-20H,9-10,16H2,1-8H3;8-9H,1-7H3;4-6H,1-3H3;/q;-1;;;. The fourth-order valence-corrected chi connectivity index (χ4v) is 12.9. The van der Waals surface area contributed by atoms with Crippen LogP contribution in [0.5, 0.6) is 0 Å². The number of rotatable bonds is 15. The summed E-state index contributed by atoms with van der Waals surface area (Å²) in [5.74, 6) is 3.78. The monoisotopic (exact) mass is 1490 g/mol.